The topological polar surface area (TPSA) is 83.8 Å². The molecule has 0 aliphatic carbocycles. The molecule has 90 valence electrons. The fraction of sp³-hybridized carbons (Fsp3) is 0.889. The highest BCUT2D eigenvalue weighted by Crippen LogP contribution is 2.47. The third kappa shape index (κ3) is 4.33. The van der Waals surface area contributed by atoms with Crippen LogP contribution in [0, 0.1) is 5.92 Å². The first-order valence-electron chi connectivity index (χ1n) is 5.10. The van der Waals surface area contributed by atoms with E-state index in [-0.39, 0.29) is 13.0 Å². The van der Waals surface area contributed by atoms with Crippen LogP contribution in [0.1, 0.15) is 33.6 Å². The van der Waals surface area contributed by atoms with Crippen molar-refractivity contribution in [3.63, 3.8) is 0 Å². The molecule has 0 heterocycles. The van der Waals surface area contributed by atoms with Crippen molar-refractivity contribution in [1.29, 1.82) is 0 Å². The summed E-state index contributed by atoms with van der Waals surface area (Å²) in [4.78, 5) is 29.7. The van der Waals surface area contributed by atoms with E-state index in [1.54, 1.807) is 20.8 Å². The van der Waals surface area contributed by atoms with Gasteiger partial charge in [0.15, 0.2) is 0 Å². The number of rotatable bonds is 6. The molecule has 0 saturated heterocycles. The number of hydrogen-bond acceptors (Lipinski definition) is 3. The van der Waals surface area contributed by atoms with Crippen LogP contribution in [-0.2, 0) is 14.1 Å². The van der Waals surface area contributed by atoms with Crippen LogP contribution in [0.5, 0.6) is 0 Å². The van der Waals surface area contributed by atoms with Gasteiger partial charge in [0.05, 0.1) is 18.2 Å². The lowest BCUT2D eigenvalue weighted by Crippen LogP contribution is -2.29. The maximum absolute atomic E-state index is 11.5. The summed E-state index contributed by atoms with van der Waals surface area (Å²) >= 11 is 0. The second-order valence-electron chi connectivity index (χ2n) is 3.33. The van der Waals surface area contributed by atoms with E-state index in [0.29, 0.717) is 6.42 Å². The van der Waals surface area contributed by atoms with Gasteiger partial charge >= 0.3 is 13.6 Å². The van der Waals surface area contributed by atoms with E-state index in [0.717, 1.165) is 0 Å². The van der Waals surface area contributed by atoms with Gasteiger partial charge in [0.2, 0.25) is 0 Å². The van der Waals surface area contributed by atoms with Crippen LogP contribution in [0.2, 0.25) is 0 Å². The summed E-state index contributed by atoms with van der Waals surface area (Å²) in [6, 6.07) is 0. The molecule has 0 bridgehead atoms. The van der Waals surface area contributed by atoms with Crippen molar-refractivity contribution in [3.05, 3.63) is 0 Å². The third-order valence-electron chi connectivity index (χ3n) is 2.34. The molecule has 0 aromatic carbocycles. The molecule has 0 aliphatic heterocycles. The van der Waals surface area contributed by atoms with Gasteiger partial charge in [-0.3, -0.25) is 9.36 Å². The monoisotopic (exact) mass is 238 g/mol. The highest BCUT2D eigenvalue weighted by atomic mass is 31.2. The minimum atomic E-state index is -4.23. The van der Waals surface area contributed by atoms with Crippen LogP contribution in [-0.4, -0.2) is 28.0 Å². The Balaban J connectivity index is 4.77. The van der Waals surface area contributed by atoms with Crippen molar-refractivity contribution in [3.8, 4) is 0 Å². The molecule has 0 fully saturated rings. The molecule has 6 heteroatoms. The Hall–Kier alpha value is -0.380. The van der Waals surface area contributed by atoms with Gasteiger partial charge < -0.3 is 14.5 Å². The molecular formula is C9H19O5P. The Bertz CT molecular complexity index is 247. The van der Waals surface area contributed by atoms with E-state index in [2.05, 4.69) is 0 Å². The summed E-state index contributed by atoms with van der Waals surface area (Å²) in [5.41, 5.74) is -0.929. The Labute approximate surface area is 90.0 Å². The Morgan fingerprint density at radius 1 is 1.27 bits per heavy atom. The zero-order chi connectivity index (χ0) is 12.1. The number of carbonyl (C=O) groups is 1. The first kappa shape index (κ1) is 14.6. The molecule has 0 aromatic heterocycles. The fourth-order valence-corrected chi connectivity index (χ4v) is 2.88. The van der Waals surface area contributed by atoms with E-state index < -0.39 is 25.1 Å². The zero-order valence-electron chi connectivity index (χ0n) is 9.34. The van der Waals surface area contributed by atoms with Crippen molar-refractivity contribution >= 4 is 13.6 Å². The van der Waals surface area contributed by atoms with E-state index in [1.165, 1.54) is 0 Å². The molecule has 0 rings (SSSR count). The van der Waals surface area contributed by atoms with Gasteiger partial charge in [-0.15, -0.1) is 0 Å². The standard InChI is InChI=1S/C9H19O5P/c1-4-7(9(10)14-6-3)8(5-2)15(11,12)13/h7-8H,4-6H2,1-3H3,(H2,11,12,13). The minimum Gasteiger partial charge on any atom is -0.466 e. The molecule has 2 unspecified atom stereocenters. The Kier molecular flexibility index (Phi) is 6.10. The number of esters is 1. The number of carbonyl (C=O) groups excluding carboxylic acids is 1. The summed E-state index contributed by atoms with van der Waals surface area (Å²) in [6.07, 6.45) is 0.643. The highest BCUT2D eigenvalue weighted by Gasteiger charge is 2.38. The second-order valence-corrected chi connectivity index (χ2v) is 5.17. The minimum absolute atomic E-state index is 0.229. The highest BCUT2D eigenvalue weighted by molar-refractivity contribution is 7.52. The summed E-state index contributed by atoms with van der Waals surface area (Å²) < 4.78 is 15.9. The predicted octanol–water partition coefficient (Wildman–Crippen LogP) is 1.53. The van der Waals surface area contributed by atoms with Crippen molar-refractivity contribution in [2.24, 2.45) is 5.92 Å². The van der Waals surface area contributed by atoms with Crippen LogP contribution >= 0.6 is 7.60 Å². The molecule has 2 atom stereocenters. The molecule has 0 radical (unpaired) electrons. The van der Waals surface area contributed by atoms with E-state index in [9.17, 15) is 9.36 Å². The molecule has 5 nitrogen and oxygen atoms in total. The zero-order valence-corrected chi connectivity index (χ0v) is 10.2. The average Bonchev–Trinajstić information content (AvgIpc) is 2.11. The van der Waals surface area contributed by atoms with Gasteiger partial charge in [-0.05, 0) is 19.8 Å². The maximum atomic E-state index is 11.5. The van der Waals surface area contributed by atoms with E-state index >= 15 is 0 Å². The normalized spacial score (nSPS) is 15.8. The van der Waals surface area contributed by atoms with Gasteiger partial charge in [-0.1, -0.05) is 13.8 Å². The summed E-state index contributed by atoms with van der Waals surface area (Å²) in [7, 11) is -4.23. The number of hydrogen-bond donors (Lipinski definition) is 2. The van der Waals surface area contributed by atoms with Crippen molar-refractivity contribution in [2.75, 3.05) is 6.61 Å². The molecular weight excluding hydrogens is 219 g/mol. The van der Waals surface area contributed by atoms with E-state index in [4.69, 9.17) is 14.5 Å². The first-order valence-corrected chi connectivity index (χ1v) is 6.78. The molecule has 0 spiro atoms. The second kappa shape index (κ2) is 6.26. The smallest absolute Gasteiger partial charge is 0.329 e. The summed E-state index contributed by atoms with van der Waals surface area (Å²) in [5.74, 6) is -1.23. The molecule has 0 saturated carbocycles. The van der Waals surface area contributed by atoms with Crippen LogP contribution in [0.25, 0.3) is 0 Å². The molecule has 0 aliphatic rings. The summed E-state index contributed by atoms with van der Waals surface area (Å²) in [5, 5.41) is 0. The van der Waals surface area contributed by atoms with Crippen molar-refractivity contribution < 1.29 is 23.9 Å². The Morgan fingerprint density at radius 2 is 1.80 bits per heavy atom. The molecule has 0 aromatic rings. The fourth-order valence-electron chi connectivity index (χ4n) is 1.60. The lowest BCUT2D eigenvalue weighted by Gasteiger charge is -2.24. The maximum Gasteiger partial charge on any atom is 0.329 e. The lowest BCUT2D eigenvalue weighted by molar-refractivity contribution is -0.148. The van der Waals surface area contributed by atoms with Gasteiger partial charge in [-0.25, -0.2) is 0 Å². The van der Waals surface area contributed by atoms with Gasteiger partial charge in [0.25, 0.3) is 0 Å². The third-order valence-corrected chi connectivity index (χ3v) is 3.93. The van der Waals surface area contributed by atoms with Crippen LogP contribution in [0.15, 0.2) is 0 Å². The first-order chi connectivity index (χ1) is 6.88. The molecule has 0 amide bonds. The Morgan fingerprint density at radius 3 is 2.07 bits per heavy atom. The summed E-state index contributed by atoms with van der Waals surface area (Å²) in [6.45, 7) is 5.28. The SMILES string of the molecule is CCOC(=O)C(CC)C(CC)P(=O)(O)O. The van der Waals surface area contributed by atoms with E-state index in [1.807, 2.05) is 0 Å². The quantitative estimate of drug-likeness (QED) is 0.541. The van der Waals surface area contributed by atoms with Gasteiger partial charge in [0, 0.05) is 0 Å². The lowest BCUT2D eigenvalue weighted by atomic mass is 10.0. The molecule has 15 heavy (non-hydrogen) atoms. The number of ether oxygens (including phenoxy) is 1. The van der Waals surface area contributed by atoms with Gasteiger partial charge in [-0.2, -0.15) is 0 Å². The largest absolute Gasteiger partial charge is 0.466 e. The van der Waals surface area contributed by atoms with Crippen molar-refractivity contribution in [2.45, 2.75) is 39.3 Å². The predicted molar refractivity (Wildman–Crippen MR) is 56.5 cm³/mol. The van der Waals surface area contributed by atoms with Crippen LogP contribution in [0.4, 0.5) is 0 Å². The van der Waals surface area contributed by atoms with Crippen LogP contribution in [0.3, 0.4) is 0 Å². The van der Waals surface area contributed by atoms with Gasteiger partial charge in [0.1, 0.15) is 0 Å². The van der Waals surface area contributed by atoms with Crippen molar-refractivity contribution in [1.82, 2.24) is 0 Å². The molecule has 2 N–H and O–H groups in total. The van der Waals surface area contributed by atoms with Crippen LogP contribution < -0.4 is 0 Å². The average molecular weight is 238 g/mol.